The van der Waals surface area contributed by atoms with E-state index < -0.39 is 18.8 Å². The van der Waals surface area contributed by atoms with Gasteiger partial charge in [0.2, 0.25) is 0 Å². The number of aliphatic hydroxyl groups is 3. The first-order chi connectivity index (χ1) is 16.5. The van der Waals surface area contributed by atoms with E-state index in [0.717, 1.165) is 47.8 Å². The smallest absolute Gasteiger partial charge is 0.173 e. The fraction of sp³-hybridized carbons (Fsp3) is 0.500. The molecule has 0 aliphatic carbocycles. The average molecular weight is 467 g/mol. The van der Waals surface area contributed by atoms with Crippen LogP contribution in [0.2, 0.25) is 0 Å². The zero-order valence-corrected chi connectivity index (χ0v) is 20.6. The predicted octanol–water partition coefficient (Wildman–Crippen LogP) is 4.61. The molecule has 0 radical (unpaired) electrons. The third-order valence-electron chi connectivity index (χ3n) is 6.34. The number of carbonyl (C=O) groups excluding carboxylic acids is 1. The summed E-state index contributed by atoms with van der Waals surface area (Å²) >= 11 is 0. The topological polar surface area (TPSA) is 105 Å². The zero-order chi connectivity index (χ0) is 25.1. The largest absolute Gasteiger partial charge is 0.394 e. The molecule has 3 atom stereocenters. The summed E-state index contributed by atoms with van der Waals surface area (Å²) in [6.07, 6.45) is 3.51. The van der Waals surface area contributed by atoms with Crippen LogP contribution in [0, 0.1) is 11.3 Å². The Bertz CT molecular complexity index is 1010. The molecular formula is C28H38N2O4. The lowest BCUT2D eigenvalue weighted by Crippen LogP contribution is -2.39. The van der Waals surface area contributed by atoms with Gasteiger partial charge < -0.3 is 20.2 Å². The predicted molar refractivity (Wildman–Crippen MR) is 138 cm³/mol. The molecule has 1 heterocycles. The van der Waals surface area contributed by atoms with E-state index in [1.807, 2.05) is 44.2 Å². The number of piperidine rings is 1. The molecule has 0 spiro atoms. The summed E-state index contributed by atoms with van der Waals surface area (Å²) in [5, 5.41) is 40.2. The van der Waals surface area contributed by atoms with Crippen LogP contribution in [0.1, 0.15) is 64.9 Å². The van der Waals surface area contributed by atoms with Crippen molar-refractivity contribution in [2.45, 2.75) is 77.5 Å². The number of ketones is 1. The van der Waals surface area contributed by atoms with Crippen LogP contribution in [0.5, 0.6) is 0 Å². The second-order valence-corrected chi connectivity index (χ2v) is 8.42. The van der Waals surface area contributed by atoms with E-state index in [1.165, 1.54) is 6.42 Å². The average Bonchev–Trinajstić information content (AvgIpc) is 2.90. The van der Waals surface area contributed by atoms with Crippen LogP contribution in [-0.2, 0) is 4.79 Å². The molecular weight excluding hydrogens is 428 g/mol. The lowest BCUT2D eigenvalue weighted by molar-refractivity contribution is -0.116. The number of benzene rings is 2. The second-order valence-electron chi connectivity index (χ2n) is 8.42. The second kappa shape index (κ2) is 13.9. The number of hydrogen-bond donors (Lipinski definition) is 3. The molecule has 0 aromatic heterocycles. The molecule has 2 aromatic carbocycles. The summed E-state index contributed by atoms with van der Waals surface area (Å²) in [6.45, 7) is 6.56. The van der Waals surface area contributed by atoms with Gasteiger partial charge in [-0.1, -0.05) is 57.2 Å². The van der Waals surface area contributed by atoms with Gasteiger partial charge in [-0.25, -0.2) is 0 Å². The van der Waals surface area contributed by atoms with Gasteiger partial charge in [0.25, 0.3) is 0 Å². The molecule has 1 aliphatic heterocycles. The number of aliphatic hydroxyl groups excluding tert-OH is 3. The molecule has 3 unspecified atom stereocenters. The van der Waals surface area contributed by atoms with E-state index in [-0.39, 0.29) is 24.2 Å². The molecule has 1 saturated heterocycles. The Kier molecular flexibility index (Phi) is 11.2. The minimum Gasteiger partial charge on any atom is -0.394 e. The maximum absolute atomic E-state index is 12.7. The molecule has 3 rings (SSSR count). The number of Topliss-reactive ketones (excluding diaryl/α,β-unsaturated/α-hetero) is 1. The summed E-state index contributed by atoms with van der Waals surface area (Å²) in [7, 11) is 0. The molecule has 0 amide bonds. The maximum Gasteiger partial charge on any atom is 0.173 e. The molecule has 2 aromatic rings. The van der Waals surface area contributed by atoms with Gasteiger partial charge >= 0.3 is 0 Å². The van der Waals surface area contributed by atoms with Gasteiger partial charge in [0.1, 0.15) is 12.2 Å². The Morgan fingerprint density at radius 2 is 1.91 bits per heavy atom. The molecule has 3 N–H and O–H groups in total. The summed E-state index contributed by atoms with van der Waals surface area (Å²) in [6, 6.07) is 14.6. The lowest BCUT2D eigenvalue weighted by atomic mass is 9.94. The van der Waals surface area contributed by atoms with Crippen LogP contribution in [0.3, 0.4) is 0 Å². The fourth-order valence-corrected chi connectivity index (χ4v) is 4.49. The molecule has 6 heteroatoms. The molecule has 1 fully saturated rings. The van der Waals surface area contributed by atoms with E-state index in [4.69, 9.17) is 5.11 Å². The highest BCUT2D eigenvalue weighted by Gasteiger charge is 2.25. The minimum atomic E-state index is -1.30. The van der Waals surface area contributed by atoms with Crippen molar-refractivity contribution in [2.24, 2.45) is 0 Å². The fourth-order valence-electron chi connectivity index (χ4n) is 4.49. The number of nitriles is 1. The molecule has 0 bridgehead atoms. The number of carbonyl (C=O) groups is 1. The Morgan fingerprint density at radius 3 is 2.59 bits per heavy atom. The van der Waals surface area contributed by atoms with Gasteiger partial charge in [-0.05, 0) is 49.1 Å². The van der Waals surface area contributed by atoms with Gasteiger partial charge in [0, 0.05) is 24.4 Å². The summed E-state index contributed by atoms with van der Waals surface area (Å²) < 4.78 is 0. The Balaban J connectivity index is 0.00000199. The molecule has 34 heavy (non-hydrogen) atoms. The van der Waals surface area contributed by atoms with E-state index >= 15 is 0 Å². The summed E-state index contributed by atoms with van der Waals surface area (Å²) in [5.74, 6) is -0.388. The van der Waals surface area contributed by atoms with Crippen LogP contribution in [0.15, 0.2) is 42.0 Å². The highest BCUT2D eigenvalue weighted by Crippen LogP contribution is 2.37. The first-order valence-corrected chi connectivity index (χ1v) is 12.4. The van der Waals surface area contributed by atoms with E-state index in [0.29, 0.717) is 6.04 Å². The van der Waals surface area contributed by atoms with Crippen molar-refractivity contribution >= 4 is 28.3 Å². The lowest BCUT2D eigenvalue weighted by Gasteiger charge is -2.39. The number of hydrogen-bond acceptors (Lipinski definition) is 6. The van der Waals surface area contributed by atoms with Crippen LogP contribution >= 0.6 is 0 Å². The van der Waals surface area contributed by atoms with Gasteiger partial charge in [0.15, 0.2) is 5.78 Å². The maximum atomic E-state index is 12.7. The number of allylic oxidation sites excluding steroid dienone is 1. The van der Waals surface area contributed by atoms with Crippen molar-refractivity contribution in [3.63, 3.8) is 0 Å². The van der Waals surface area contributed by atoms with E-state index in [2.05, 4.69) is 24.0 Å². The first kappa shape index (κ1) is 27.5. The van der Waals surface area contributed by atoms with Crippen molar-refractivity contribution in [3.05, 3.63) is 47.5 Å². The summed E-state index contributed by atoms with van der Waals surface area (Å²) in [5.41, 5.74) is 1.92. The van der Waals surface area contributed by atoms with Gasteiger partial charge in [-0.15, -0.1) is 0 Å². The number of nitrogens with zero attached hydrogens (tertiary/aromatic N) is 2. The molecule has 0 saturated carbocycles. The van der Waals surface area contributed by atoms with Crippen LogP contribution in [0.4, 0.5) is 5.69 Å². The standard InChI is InChI=1S/C26H32N2O4.C2H6/c1-2-21-8-5-6-14-28(21)26-19(11-10-18-7-3-4-9-22(18)26)15-20(16-27)23(30)12-13-24(31)25(32)17-29;1-2/h3-4,7,9-11,15,21,24-25,29,31-32H,2,5-6,8,12-14,17H2,1H3;1-2H3/b20-15+;. The molecule has 6 nitrogen and oxygen atoms in total. The van der Waals surface area contributed by atoms with Gasteiger partial charge in [-0.3, -0.25) is 4.79 Å². The summed E-state index contributed by atoms with van der Waals surface area (Å²) in [4.78, 5) is 15.1. The molecule has 1 aliphatic rings. The first-order valence-electron chi connectivity index (χ1n) is 12.4. The van der Waals surface area contributed by atoms with Crippen LogP contribution < -0.4 is 4.90 Å². The van der Waals surface area contributed by atoms with Crippen molar-refractivity contribution in [1.29, 1.82) is 5.26 Å². The normalized spacial score (nSPS) is 18.0. The highest BCUT2D eigenvalue weighted by atomic mass is 16.4. The van der Waals surface area contributed by atoms with Crippen molar-refractivity contribution in [2.75, 3.05) is 18.1 Å². The van der Waals surface area contributed by atoms with E-state index in [1.54, 1.807) is 6.08 Å². The number of anilines is 1. The highest BCUT2D eigenvalue weighted by molar-refractivity contribution is 6.06. The van der Waals surface area contributed by atoms with Crippen molar-refractivity contribution < 1.29 is 20.1 Å². The van der Waals surface area contributed by atoms with Crippen molar-refractivity contribution in [3.8, 4) is 6.07 Å². The minimum absolute atomic E-state index is 0.0197. The quantitative estimate of drug-likeness (QED) is 0.368. The van der Waals surface area contributed by atoms with Gasteiger partial charge in [0.05, 0.1) is 24.0 Å². The number of fused-ring (bicyclic) bond motifs is 1. The van der Waals surface area contributed by atoms with Gasteiger partial charge in [-0.2, -0.15) is 5.26 Å². The number of rotatable bonds is 9. The van der Waals surface area contributed by atoms with E-state index in [9.17, 15) is 20.3 Å². The van der Waals surface area contributed by atoms with Crippen molar-refractivity contribution in [1.82, 2.24) is 0 Å². The van der Waals surface area contributed by atoms with Crippen LogP contribution in [-0.4, -0.2) is 52.5 Å². The third-order valence-corrected chi connectivity index (χ3v) is 6.34. The molecule has 184 valence electrons. The monoisotopic (exact) mass is 466 g/mol. The Hall–Kier alpha value is -2.72. The third kappa shape index (κ3) is 6.66. The Morgan fingerprint density at radius 1 is 1.18 bits per heavy atom. The zero-order valence-electron chi connectivity index (χ0n) is 20.6. The van der Waals surface area contributed by atoms with Crippen LogP contribution in [0.25, 0.3) is 16.8 Å². The Labute approximate surface area is 203 Å². The SMILES string of the molecule is CC.CCC1CCCCN1c1c(/C=C(\C#N)C(=O)CCC(O)C(O)CO)ccc2ccccc12.